The topological polar surface area (TPSA) is 47.6 Å². The van der Waals surface area contributed by atoms with E-state index in [1.807, 2.05) is 30.3 Å². The highest BCUT2D eigenvalue weighted by molar-refractivity contribution is 5.73. The molecule has 1 amide bonds. The lowest BCUT2D eigenvalue weighted by molar-refractivity contribution is -0.187. The van der Waals surface area contributed by atoms with E-state index in [0.29, 0.717) is 0 Å². The van der Waals surface area contributed by atoms with Crippen LogP contribution in [-0.4, -0.2) is 25.4 Å². The molecule has 0 aliphatic carbocycles. The Balaban J connectivity index is 2.03. The second-order valence-corrected chi connectivity index (χ2v) is 5.33. The Hall–Kier alpha value is -1.39. The van der Waals surface area contributed by atoms with Crippen molar-refractivity contribution in [3.63, 3.8) is 0 Å². The van der Waals surface area contributed by atoms with Gasteiger partial charge in [0.05, 0.1) is 19.3 Å². The van der Waals surface area contributed by atoms with Gasteiger partial charge in [0.15, 0.2) is 6.29 Å². The van der Waals surface area contributed by atoms with Gasteiger partial charge in [0, 0.05) is 13.3 Å². The summed E-state index contributed by atoms with van der Waals surface area (Å²) in [4.78, 5) is 11.5. The molecule has 4 heteroatoms. The molecule has 2 atom stereocenters. The Labute approximate surface area is 120 Å². The quantitative estimate of drug-likeness (QED) is 0.900. The number of amides is 1. The smallest absolute Gasteiger partial charge is 0.217 e. The second kappa shape index (κ2) is 7.41. The molecule has 1 fully saturated rings. The van der Waals surface area contributed by atoms with E-state index in [2.05, 4.69) is 12.2 Å². The molecule has 0 aromatic heterocycles. The van der Waals surface area contributed by atoms with Crippen molar-refractivity contribution in [1.29, 1.82) is 0 Å². The number of carbonyl (C=O) groups is 1. The fraction of sp³-hybridized carbons (Fsp3) is 0.562. The van der Waals surface area contributed by atoms with E-state index in [4.69, 9.17) is 9.47 Å². The number of hydrogen-bond donors (Lipinski definition) is 1. The number of benzene rings is 1. The Bertz CT molecular complexity index is 415. The van der Waals surface area contributed by atoms with Crippen LogP contribution in [0.1, 0.15) is 38.3 Å². The van der Waals surface area contributed by atoms with Gasteiger partial charge in [-0.15, -0.1) is 0 Å². The van der Waals surface area contributed by atoms with Gasteiger partial charge in [-0.3, -0.25) is 4.79 Å². The van der Waals surface area contributed by atoms with Crippen LogP contribution in [0.2, 0.25) is 0 Å². The lowest BCUT2D eigenvalue weighted by atomic mass is 9.91. The van der Waals surface area contributed by atoms with Crippen molar-refractivity contribution in [3.05, 3.63) is 35.9 Å². The van der Waals surface area contributed by atoms with Crippen molar-refractivity contribution >= 4 is 5.91 Å². The molecule has 1 aliphatic heterocycles. The van der Waals surface area contributed by atoms with Gasteiger partial charge in [0.1, 0.15) is 0 Å². The molecule has 1 heterocycles. The minimum Gasteiger partial charge on any atom is -0.353 e. The van der Waals surface area contributed by atoms with E-state index < -0.39 is 0 Å². The van der Waals surface area contributed by atoms with Crippen molar-refractivity contribution in [2.24, 2.45) is 5.92 Å². The summed E-state index contributed by atoms with van der Waals surface area (Å²) in [6.45, 7) is 5.19. The van der Waals surface area contributed by atoms with Crippen molar-refractivity contribution in [3.8, 4) is 0 Å². The lowest BCUT2D eigenvalue weighted by Gasteiger charge is -2.30. The van der Waals surface area contributed by atoms with Crippen LogP contribution in [0.3, 0.4) is 0 Å². The van der Waals surface area contributed by atoms with Crippen molar-refractivity contribution in [1.82, 2.24) is 5.32 Å². The zero-order valence-electron chi connectivity index (χ0n) is 12.2. The fourth-order valence-corrected chi connectivity index (χ4v) is 2.55. The molecule has 1 aromatic rings. The van der Waals surface area contributed by atoms with Crippen LogP contribution >= 0.6 is 0 Å². The molecule has 20 heavy (non-hydrogen) atoms. The molecule has 1 aliphatic rings. The SMILES string of the molecule is CC(=O)NC(c1ccccc1)C(C)CC1OCCCO1. The number of hydrogen-bond acceptors (Lipinski definition) is 3. The molecule has 0 spiro atoms. The van der Waals surface area contributed by atoms with E-state index >= 15 is 0 Å². The monoisotopic (exact) mass is 277 g/mol. The van der Waals surface area contributed by atoms with Gasteiger partial charge in [-0.25, -0.2) is 0 Å². The van der Waals surface area contributed by atoms with Crippen LogP contribution in [-0.2, 0) is 14.3 Å². The van der Waals surface area contributed by atoms with Crippen LogP contribution in [0.15, 0.2) is 30.3 Å². The van der Waals surface area contributed by atoms with Gasteiger partial charge in [-0.2, -0.15) is 0 Å². The summed E-state index contributed by atoms with van der Waals surface area (Å²) in [7, 11) is 0. The van der Waals surface area contributed by atoms with E-state index in [-0.39, 0.29) is 24.2 Å². The second-order valence-electron chi connectivity index (χ2n) is 5.33. The third-order valence-electron chi connectivity index (χ3n) is 3.55. The van der Waals surface area contributed by atoms with Gasteiger partial charge in [-0.1, -0.05) is 37.3 Å². The van der Waals surface area contributed by atoms with Crippen LogP contribution in [0.5, 0.6) is 0 Å². The Morgan fingerprint density at radius 1 is 1.30 bits per heavy atom. The molecule has 2 unspecified atom stereocenters. The summed E-state index contributed by atoms with van der Waals surface area (Å²) in [5.41, 5.74) is 1.12. The molecule has 0 saturated carbocycles. The highest BCUT2D eigenvalue weighted by Gasteiger charge is 2.25. The molecule has 0 radical (unpaired) electrons. The Kier molecular flexibility index (Phi) is 5.56. The molecular weight excluding hydrogens is 254 g/mol. The molecule has 4 nitrogen and oxygen atoms in total. The standard InChI is InChI=1S/C16H23NO3/c1-12(11-15-19-9-6-10-20-15)16(17-13(2)18)14-7-4-3-5-8-14/h3-5,7-8,12,15-16H,6,9-11H2,1-2H3,(H,17,18). The highest BCUT2D eigenvalue weighted by atomic mass is 16.7. The molecule has 1 aromatic carbocycles. The third-order valence-corrected chi connectivity index (χ3v) is 3.55. The minimum absolute atomic E-state index is 0.0113. The fourth-order valence-electron chi connectivity index (χ4n) is 2.55. The molecular formula is C16H23NO3. The van der Waals surface area contributed by atoms with E-state index in [1.54, 1.807) is 6.92 Å². The summed E-state index contributed by atoms with van der Waals surface area (Å²) >= 11 is 0. The summed E-state index contributed by atoms with van der Waals surface area (Å²) in [6, 6.07) is 10.0. The summed E-state index contributed by atoms with van der Waals surface area (Å²) < 4.78 is 11.2. The number of nitrogens with one attached hydrogen (secondary N) is 1. The minimum atomic E-state index is -0.154. The maximum atomic E-state index is 11.5. The summed E-state index contributed by atoms with van der Waals surface area (Å²) in [5, 5.41) is 3.04. The number of rotatable bonds is 5. The Morgan fingerprint density at radius 2 is 1.95 bits per heavy atom. The zero-order valence-corrected chi connectivity index (χ0v) is 12.2. The molecule has 1 N–H and O–H groups in total. The maximum Gasteiger partial charge on any atom is 0.217 e. The largest absolute Gasteiger partial charge is 0.353 e. The van der Waals surface area contributed by atoms with Gasteiger partial charge in [-0.05, 0) is 17.9 Å². The van der Waals surface area contributed by atoms with Gasteiger partial charge < -0.3 is 14.8 Å². The Morgan fingerprint density at radius 3 is 2.55 bits per heavy atom. The normalized spacial score (nSPS) is 19.3. The van der Waals surface area contributed by atoms with E-state index in [9.17, 15) is 4.79 Å². The van der Waals surface area contributed by atoms with Gasteiger partial charge in [0.25, 0.3) is 0 Å². The summed E-state index contributed by atoms with van der Waals surface area (Å²) in [6.07, 6.45) is 1.58. The predicted molar refractivity (Wildman–Crippen MR) is 77.1 cm³/mol. The van der Waals surface area contributed by atoms with Crippen molar-refractivity contribution in [2.45, 2.75) is 39.0 Å². The van der Waals surface area contributed by atoms with Crippen LogP contribution in [0.4, 0.5) is 0 Å². The first-order valence-corrected chi connectivity index (χ1v) is 7.22. The average molecular weight is 277 g/mol. The zero-order chi connectivity index (χ0) is 14.4. The lowest BCUT2D eigenvalue weighted by Crippen LogP contribution is -2.34. The van der Waals surface area contributed by atoms with E-state index in [0.717, 1.165) is 31.6 Å². The number of ether oxygens (including phenoxy) is 2. The first-order chi connectivity index (χ1) is 9.66. The highest BCUT2D eigenvalue weighted by Crippen LogP contribution is 2.27. The first kappa shape index (κ1) is 15.0. The predicted octanol–water partition coefficient (Wildman–Crippen LogP) is 2.65. The van der Waals surface area contributed by atoms with Gasteiger partial charge in [0.2, 0.25) is 5.91 Å². The van der Waals surface area contributed by atoms with Crippen molar-refractivity contribution in [2.75, 3.05) is 13.2 Å². The first-order valence-electron chi connectivity index (χ1n) is 7.22. The summed E-state index contributed by atoms with van der Waals surface area (Å²) in [5.74, 6) is 0.223. The van der Waals surface area contributed by atoms with Crippen LogP contribution in [0.25, 0.3) is 0 Å². The molecule has 0 bridgehead atoms. The number of carbonyl (C=O) groups excluding carboxylic acids is 1. The average Bonchev–Trinajstić information content (AvgIpc) is 2.46. The molecule has 110 valence electrons. The van der Waals surface area contributed by atoms with Gasteiger partial charge >= 0.3 is 0 Å². The van der Waals surface area contributed by atoms with E-state index in [1.165, 1.54) is 0 Å². The molecule has 1 saturated heterocycles. The molecule has 2 rings (SSSR count). The maximum absolute atomic E-state index is 11.5. The van der Waals surface area contributed by atoms with Crippen LogP contribution in [0, 0.1) is 5.92 Å². The van der Waals surface area contributed by atoms with Crippen LogP contribution < -0.4 is 5.32 Å². The third kappa shape index (κ3) is 4.32. The van der Waals surface area contributed by atoms with Crippen molar-refractivity contribution < 1.29 is 14.3 Å².